The molecule has 0 aliphatic carbocycles. The molecule has 0 radical (unpaired) electrons. The quantitative estimate of drug-likeness (QED) is 0.623. The van der Waals surface area contributed by atoms with Crippen LogP contribution < -0.4 is 5.32 Å². The second kappa shape index (κ2) is 8.81. The zero-order valence-electron chi connectivity index (χ0n) is 15.7. The van der Waals surface area contributed by atoms with E-state index in [2.05, 4.69) is 40.4 Å². The summed E-state index contributed by atoms with van der Waals surface area (Å²) in [5.41, 5.74) is 2.99. The summed E-state index contributed by atoms with van der Waals surface area (Å²) in [4.78, 5) is 16.5. The lowest BCUT2D eigenvalue weighted by Crippen LogP contribution is -2.16. The number of amides is 1. The number of carbonyl (C=O) groups excluding carboxylic acids is 1. The van der Waals surface area contributed by atoms with Crippen LogP contribution in [-0.4, -0.2) is 31.4 Å². The monoisotopic (exact) mass is 381 g/mol. The highest BCUT2D eigenvalue weighted by Crippen LogP contribution is 2.27. The van der Waals surface area contributed by atoms with Crippen LogP contribution in [0.15, 0.2) is 53.9 Å². The van der Waals surface area contributed by atoms with Crippen molar-refractivity contribution in [2.75, 3.05) is 11.1 Å². The first-order valence-electron chi connectivity index (χ1n) is 8.91. The van der Waals surface area contributed by atoms with Gasteiger partial charge in [0, 0.05) is 30.7 Å². The van der Waals surface area contributed by atoms with Crippen molar-refractivity contribution in [2.24, 2.45) is 7.05 Å². The van der Waals surface area contributed by atoms with Crippen LogP contribution in [0.25, 0.3) is 11.4 Å². The van der Waals surface area contributed by atoms with Crippen LogP contribution >= 0.6 is 11.8 Å². The Morgan fingerprint density at radius 2 is 1.93 bits per heavy atom. The number of rotatable bonds is 7. The Kier molecular flexibility index (Phi) is 6.24. The molecule has 1 amide bonds. The second-order valence-electron chi connectivity index (χ2n) is 6.33. The number of nitrogens with zero attached hydrogens (tertiary/aromatic N) is 4. The summed E-state index contributed by atoms with van der Waals surface area (Å²) in [7, 11) is 1.90. The van der Waals surface area contributed by atoms with Gasteiger partial charge >= 0.3 is 0 Å². The summed E-state index contributed by atoms with van der Waals surface area (Å²) in [6, 6.07) is 11.7. The highest BCUT2D eigenvalue weighted by atomic mass is 32.2. The van der Waals surface area contributed by atoms with Crippen molar-refractivity contribution in [1.82, 2.24) is 19.7 Å². The van der Waals surface area contributed by atoms with E-state index in [0.29, 0.717) is 11.1 Å². The van der Waals surface area contributed by atoms with Gasteiger partial charge in [-0.15, -0.1) is 10.2 Å². The number of anilines is 1. The average molecular weight is 382 g/mol. The maximum Gasteiger partial charge on any atom is 0.234 e. The number of thioether (sulfide) groups is 1. The zero-order chi connectivity index (χ0) is 19.2. The third-order valence-electron chi connectivity index (χ3n) is 4.48. The molecule has 2 aromatic heterocycles. The molecule has 1 aromatic carbocycles. The largest absolute Gasteiger partial charge is 0.325 e. The highest BCUT2D eigenvalue weighted by molar-refractivity contribution is 7.99. The fraction of sp³-hybridized carbons (Fsp3) is 0.300. The van der Waals surface area contributed by atoms with Gasteiger partial charge in [-0.25, -0.2) is 0 Å². The van der Waals surface area contributed by atoms with Crippen molar-refractivity contribution in [2.45, 2.75) is 31.3 Å². The van der Waals surface area contributed by atoms with E-state index in [-0.39, 0.29) is 11.7 Å². The van der Waals surface area contributed by atoms with E-state index in [9.17, 15) is 4.79 Å². The van der Waals surface area contributed by atoms with Gasteiger partial charge in [-0.3, -0.25) is 9.78 Å². The first kappa shape index (κ1) is 19.1. The highest BCUT2D eigenvalue weighted by Gasteiger charge is 2.14. The fourth-order valence-corrected chi connectivity index (χ4v) is 3.48. The fourth-order valence-electron chi connectivity index (χ4n) is 2.77. The van der Waals surface area contributed by atoms with Crippen molar-refractivity contribution >= 4 is 23.4 Å². The first-order chi connectivity index (χ1) is 13.1. The first-order valence-corrected chi connectivity index (χ1v) is 9.90. The van der Waals surface area contributed by atoms with Gasteiger partial charge in [0.1, 0.15) is 0 Å². The van der Waals surface area contributed by atoms with Crippen molar-refractivity contribution in [3.05, 3.63) is 54.4 Å². The Balaban J connectivity index is 1.65. The van der Waals surface area contributed by atoms with Gasteiger partial charge in [-0.05, 0) is 36.1 Å². The molecule has 0 fully saturated rings. The summed E-state index contributed by atoms with van der Waals surface area (Å²) >= 11 is 1.37. The number of hydrogen-bond acceptors (Lipinski definition) is 5. The number of aromatic nitrogens is 4. The molecule has 0 aliphatic rings. The lowest BCUT2D eigenvalue weighted by atomic mass is 9.97. The average Bonchev–Trinajstić information content (AvgIpc) is 3.07. The standard InChI is InChI=1S/C20H23N5OS/c1-4-14(2)16-7-5-6-8-17(16)22-18(26)13-27-20-24-23-19(25(20)3)15-9-11-21-12-10-15/h5-12,14H,4,13H2,1-3H3,(H,22,26). The van der Waals surface area contributed by atoms with E-state index in [0.717, 1.165) is 29.1 Å². The molecule has 2 heterocycles. The topological polar surface area (TPSA) is 72.7 Å². The Hall–Kier alpha value is -2.67. The maximum absolute atomic E-state index is 12.4. The third-order valence-corrected chi connectivity index (χ3v) is 5.50. The van der Waals surface area contributed by atoms with Crippen LogP contribution in [0.5, 0.6) is 0 Å². The van der Waals surface area contributed by atoms with E-state index in [1.54, 1.807) is 12.4 Å². The molecule has 0 aliphatic heterocycles. The maximum atomic E-state index is 12.4. The van der Waals surface area contributed by atoms with Gasteiger partial charge in [0.15, 0.2) is 11.0 Å². The molecule has 0 bridgehead atoms. The Morgan fingerprint density at radius 1 is 1.19 bits per heavy atom. The van der Waals surface area contributed by atoms with Gasteiger partial charge in [0.25, 0.3) is 0 Å². The molecule has 1 unspecified atom stereocenters. The molecule has 0 saturated carbocycles. The van der Waals surface area contributed by atoms with Crippen LogP contribution in [0.1, 0.15) is 31.7 Å². The SMILES string of the molecule is CCC(C)c1ccccc1NC(=O)CSc1nnc(-c2ccncc2)n1C. The van der Waals surface area contributed by atoms with Crippen molar-refractivity contribution in [3.63, 3.8) is 0 Å². The van der Waals surface area contributed by atoms with E-state index in [1.807, 2.05) is 41.9 Å². The van der Waals surface area contributed by atoms with E-state index < -0.39 is 0 Å². The van der Waals surface area contributed by atoms with Crippen molar-refractivity contribution in [1.29, 1.82) is 0 Å². The minimum absolute atomic E-state index is 0.0517. The summed E-state index contributed by atoms with van der Waals surface area (Å²) in [6.45, 7) is 4.31. The molecule has 6 nitrogen and oxygen atoms in total. The van der Waals surface area contributed by atoms with Crippen LogP contribution in [0, 0.1) is 0 Å². The molecular formula is C20H23N5OS. The van der Waals surface area contributed by atoms with Gasteiger partial charge in [0.2, 0.25) is 5.91 Å². The Labute approximate surface area is 163 Å². The molecule has 7 heteroatoms. The smallest absolute Gasteiger partial charge is 0.234 e. The van der Waals surface area contributed by atoms with E-state index in [4.69, 9.17) is 0 Å². The lowest BCUT2D eigenvalue weighted by Gasteiger charge is -2.15. The summed E-state index contributed by atoms with van der Waals surface area (Å²) in [6.07, 6.45) is 4.47. The number of hydrogen-bond donors (Lipinski definition) is 1. The number of pyridine rings is 1. The summed E-state index contributed by atoms with van der Waals surface area (Å²) in [5.74, 6) is 1.37. The van der Waals surface area contributed by atoms with Crippen LogP contribution in [0.3, 0.4) is 0 Å². The van der Waals surface area contributed by atoms with Crippen LogP contribution in [-0.2, 0) is 11.8 Å². The molecule has 0 saturated heterocycles. The van der Waals surface area contributed by atoms with E-state index >= 15 is 0 Å². The molecule has 1 atom stereocenters. The Morgan fingerprint density at radius 3 is 2.67 bits per heavy atom. The molecule has 3 rings (SSSR count). The normalized spacial score (nSPS) is 12.0. The molecule has 3 aromatic rings. The van der Waals surface area contributed by atoms with Crippen LogP contribution in [0.2, 0.25) is 0 Å². The third kappa shape index (κ3) is 4.54. The van der Waals surface area contributed by atoms with Gasteiger partial charge < -0.3 is 9.88 Å². The molecule has 0 spiro atoms. The minimum atomic E-state index is -0.0517. The van der Waals surface area contributed by atoms with Crippen molar-refractivity contribution in [3.8, 4) is 11.4 Å². The Bertz CT molecular complexity index is 910. The lowest BCUT2D eigenvalue weighted by molar-refractivity contribution is -0.113. The van der Waals surface area contributed by atoms with E-state index in [1.165, 1.54) is 11.8 Å². The molecule has 140 valence electrons. The summed E-state index contributed by atoms with van der Waals surface area (Å²) < 4.78 is 1.89. The predicted molar refractivity (Wildman–Crippen MR) is 109 cm³/mol. The van der Waals surface area contributed by atoms with Crippen molar-refractivity contribution < 1.29 is 4.79 Å². The number of para-hydroxylation sites is 1. The van der Waals surface area contributed by atoms with Gasteiger partial charge in [0.05, 0.1) is 5.75 Å². The van der Waals surface area contributed by atoms with Gasteiger partial charge in [-0.2, -0.15) is 0 Å². The minimum Gasteiger partial charge on any atom is -0.325 e. The number of benzene rings is 1. The molecule has 1 N–H and O–H groups in total. The number of carbonyl (C=O) groups is 1. The second-order valence-corrected chi connectivity index (χ2v) is 7.28. The zero-order valence-corrected chi connectivity index (χ0v) is 16.5. The molecular weight excluding hydrogens is 358 g/mol. The van der Waals surface area contributed by atoms with Gasteiger partial charge in [-0.1, -0.05) is 43.8 Å². The predicted octanol–water partition coefficient (Wildman–Crippen LogP) is 4.12. The molecule has 27 heavy (non-hydrogen) atoms. The summed E-state index contributed by atoms with van der Waals surface area (Å²) in [5, 5.41) is 12.2. The van der Waals surface area contributed by atoms with Crippen LogP contribution in [0.4, 0.5) is 5.69 Å². The number of nitrogens with one attached hydrogen (secondary N) is 1.